The third kappa shape index (κ3) is 1.88. The van der Waals surface area contributed by atoms with Crippen LogP contribution in [-0.2, 0) is 13.0 Å². The van der Waals surface area contributed by atoms with Crippen molar-refractivity contribution >= 4 is 11.8 Å². The molecule has 2 aliphatic rings. The van der Waals surface area contributed by atoms with Crippen LogP contribution in [0.25, 0.3) is 0 Å². The Balaban J connectivity index is 1.79. The molecule has 0 saturated carbocycles. The van der Waals surface area contributed by atoms with Gasteiger partial charge in [0.05, 0.1) is 0 Å². The number of hydrogen-bond acceptors (Lipinski definition) is 3. The Hall–Kier alpha value is -0.510. The van der Waals surface area contributed by atoms with E-state index in [2.05, 4.69) is 33.5 Å². The highest BCUT2D eigenvalue weighted by molar-refractivity contribution is 8.00. The second-order valence-corrected chi connectivity index (χ2v) is 6.42. The zero-order chi connectivity index (χ0) is 11.0. The van der Waals surface area contributed by atoms with E-state index < -0.39 is 0 Å². The Morgan fingerprint density at radius 2 is 2.25 bits per heavy atom. The van der Waals surface area contributed by atoms with Crippen molar-refractivity contribution in [3.63, 3.8) is 0 Å². The van der Waals surface area contributed by atoms with E-state index in [1.54, 1.807) is 0 Å². The minimum Gasteiger partial charge on any atom is -0.315 e. The Morgan fingerprint density at radius 1 is 1.31 bits per heavy atom. The van der Waals surface area contributed by atoms with Gasteiger partial charge in [-0.25, -0.2) is 0 Å². The molecule has 2 unspecified atom stereocenters. The summed E-state index contributed by atoms with van der Waals surface area (Å²) < 4.78 is 2.38. The lowest BCUT2D eigenvalue weighted by Crippen LogP contribution is -2.17. The van der Waals surface area contributed by atoms with Crippen LogP contribution in [-0.4, -0.2) is 25.8 Å². The van der Waals surface area contributed by atoms with Crippen LogP contribution in [0.5, 0.6) is 0 Å². The first-order chi connectivity index (χ1) is 7.84. The van der Waals surface area contributed by atoms with Gasteiger partial charge in [-0.2, -0.15) is 11.8 Å². The van der Waals surface area contributed by atoms with Crippen molar-refractivity contribution in [1.29, 1.82) is 0 Å². The monoisotopic (exact) mass is 237 g/mol. The molecule has 3 heterocycles. The van der Waals surface area contributed by atoms with Crippen molar-refractivity contribution in [2.24, 2.45) is 0 Å². The summed E-state index contributed by atoms with van der Waals surface area (Å²) in [6.07, 6.45) is 6.44. The number of fused-ring (bicyclic) bond motifs is 1. The van der Waals surface area contributed by atoms with E-state index in [9.17, 15) is 0 Å². The van der Waals surface area contributed by atoms with Crippen LogP contribution < -0.4 is 0 Å². The summed E-state index contributed by atoms with van der Waals surface area (Å²) in [6.45, 7) is 3.41. The topological polar surface area (TPSA) is 30.7 Å². The molecule has 88 valence electrons. The summed E-state index contributed by atoms with van der Waals surface area (Å²) in [7, 11) is 0. The molecular formula is C12H19N3S. The molecule has 0 radical (unpaired) electrons. The Labute approximate surface area is 101 Å². The minimum atomic E-state index is 0.603. The van der Waals surface area contributed by atoms with E-state index in [1.165, 1.54) is 43.1 Å². The largest absolute Gasteiger partial charge is 0.315 e. The second-order valence-electron chi connectivity index (χ2n) is 5.01. The molecule has 0 N–H and O–H groups in total. The molecule has 16 heavy (non-hydrogen) atoms. The van der Waals surface area contributed by atoms with Crippen LogP contribution in [0.15, 0.2) is 0 Å². The number of hydrogen-bond donors (Lipinski definition) is 0. The molecule has 0 bridgehead atoms. The van der Waals surface area contributed by atoms with Gasteiger partial charge in [0, 0.05) is 24.1 Å². The average molecular weight is 237 g/mol. The first-order valence-electron chi connectivity index (χ1n) is 6.38. The van der Waals surface area contributed by atoms with Crippen LogP contribution in [0.1, 0.15) is 50.2 Å². The lowest BCUT2D eigenvalue weighted by Gasteiger charge is -2.20. The fourth-order valence-corrected chi connectivity index (χ4v) is 4.07. The molecule has 2 aliphatic heterocycles. The first-order valence-corrected chi connectivity index (χ1v) is 7.43. The van der Waals surface area contributed by atoms with Gasteiger partial charge >= 0.3 is 0 Å². The summed E-state index contributed by atoms with van der Waals surface area (Å²) in [6, 6.07) is 0. The Morgan fingerprint density at radius 3 is 3.06 bits per heavy atom. The molecule has 3 nitrogen and oxygen atoms in total. The molecule has 1 fully saturated rings. The highest BCUT2D eigenvalue weighted by Crippen LogP contribution is 2.31. The summed E-state index contributed by atoms with van der Waals surface area (Å²) in [5, 5.41) is 9.59. The predicted octanol–water partition coefficient (Wildman–Crippen LogP) is 2.61. The molecule has 1 saturated heterocycles. The Bertz CT molecular complexity index is 368. The molecule has 0 aromatic carbocycles. The summed E-state index contributed by atoms with van der Waals surface area (Å²) >= 11 is 2.11. The number of nitrogens with zero attached hydrogens (tertiary/aromatic N) is 3. The number of rotatable bonds is 2. The van der Waals surface area contributed by atoms with Crippen LogP contribution in [0, 0.1) is 0 Å². The molecule has 1 aromatic heterocycles. The smallest absolute Gasteiger partial charge is 0.135 e. The average Bonchev–Trinajstić information content (AvgIpc) is 2.90. The van der Waals surface area contributed by atoms with E-state index in [-0.39, 0.29) is 0 Å². The molecule has 4 heteroatoms. The van der Waals surface area contributed by atoms with Crippen LogP contribution >= 0.6 is 11.8 Å². The van der Waals surface area contributed by atoms with Gasteiger partial charge in [-0.15, -0.1) is 10.2 Å². The number of aromatic nitrogens is 3. The van der Waals surface area contributed by atoms with E-state index in [1.807, 2.05) is 0 Å². The van der Waals surface area contributed by atoms with Gasteiger partial charge < -0.3 is 4.57 Å². The third-order valence-electron chi connectivity index (χ3n) is 3.75. The SMILES string of the molecule is CC1CCCn2c(CC3CCCS3)nnc21. The maximum atomic E-state index is 4.41. The van der Waals surface area contributed by atoms with Gasteiger partial charge in [-0.3, -0.25) is 0 Å². The molecular weight excluding hydrogens is 218 g/mol. The van der Waals surface area contributed by atoms with E-state index in [0.717, 1.165) is 18.2 Å². The lowest BCUT2D eigenvalue weighted by atomic mass is 10.0. The molecule has 0 spiro atoms. The summed E-state index contributed by atoms with van der Waals surface area (Å²) in [5.41, 5.74) is 0. The minimum absolute atomic E-state index is 0.603. The zero-order valence-electron chi connectivity index (χ0n) is 9.85. The van der Waals surface area contributed by atoms with Crippen LogP contribution in [0.3, 0.4) is 0 Å². The summed E-state index contributed by atoms with van der Waals surface area (Å²) in [4.78, 5) is 0. The van der Waals surface area contributed by atoms with Gasteiger partial charge in [-0.05, 0) is 31.4 Å². The van der Waals surface area contributed by atoms with E-state index >= 15 is 0 Å². The fourth-order valence-electron chi connectivity index (χ4n) is 2.80. The molecule has 0 aliphatic carbocycles. The van der Waals surface area contributed by atoms with Crippen LogP contribution in [0.4, 0.5) is 0 Å². The van der Waals surface area contributed by atoms with Crippen molar-refractivity contribution in [2.45, 2.75) is 56.7 Å². The molecule has 1 aromatic rings. The zero-order valence-corrected chi connectivity index (χ0v) is 10.7. The van der Waals surface area contributed by atoms with Crippen molar-refractivity contribution in [3.05, 3.63) is 11.6 Å². The third-order valence-corrected chi connectivity index (χ3v) is 5.15. The highest BCUT2D eigenvalue weighted by atomic mass is 32.2. The van der Waals surface area contributed by atoms with Crippen molar-refractivity contribution in [3.8, 4) is 0 Å². The molecule has 2 atom stereocenters. The summed E-state index contributed by atoms with van der Waals surface area (Å²) in [5.74, 6) is 4.40. The van der Waals surface area contributed by atoms with Crippen LogP contribution in [0.2, 0.25) is 0 Å². The highest BCUT2D eigenvalue weighted by Gasteiger charge is 2.24. The van der Waals surface area contributed by atoms with Gasteiger partial charge in [0.1, 0.15) is 11.6 Å². The normalized spacial score (nSPS) is 29.3. The quantitative estimate of drug-likeness (QED) is 0.792. The van der Waals surface area contributed by atoms with Gasteiger partial charge in [0.15, 0.2) is 0 Å². The van der Waals surface area contributed by atoms with Crippen molar-refractivity contribution in [1.82, 2.24) is 14.8 Å². The van der Waals surface area contributed by atoms with Crippen molar-refractivity contribution in [2.75, 3.05) is 5.75 Å². The first kappa shape index (κ1) is 10.6. The van der Waals surface area contributed by atoms with Crippen molar-refractivity contribution < 1.29 is 0 Å². The maximum absolute atomic E-state index is 4.41. The van der Waals surface area contributed by atoms with Gasteiger partial charge in [-0.1, -0.05) is 6.92 Å². The predicted molar refractivity (Wildman–Crippen MR) is 66.9 cm³/mol. The maximum Gasteiger partial charge on any atom is 0.135 e. The Kier molecular flexibility index (Phi) is 2.92. The number of thioether (sulfide) groups is 1. The lowest BCUT2D eigenvalue weighted by molar-refractivity contribution is 0.453. The standard InChI is InChI=1S/C12H19N3S/c1-9-4-2-6-15-11(13-14-12(9)15)8-10-5-3-7-16-10/h9-10H,2-8H2,1H3. The fraction of sp³-hybridized carbons (Fsp3) is 0.833. The molecule has 0 amide bonds. The van der Waals surface area contributed by atoms with Gasteiger partial charge in [0.25, 0.3) is 0 Å². The molecule has 3 rings (SSSR count). The van der Waals surface area contributed by atoms with Gasteiger partial charge in [0.2, 0.25) is 0 Å². The van der Waals surface area contributed by atoms with E-state index in [0.29, 0.717) is 5.92 Å². The second kappa shape index (κ2) is 4.40. The van der Waals surface area contributed by atoms with E-state index in [4.69, 9.17) is 0 Å².